The summed E-state index contributed by atoms with van der Waals surface area (Å²) in [4.78, 5) is 10.5. The number of ether oxygens (including phenoxy) is 1. The average Bonchev–Trinajstić information content (AvgIpc) is 2.46. The van der Waals surface area contributed by atoms with Gasteiger partial charge in [0, 0.05) is 13.3 Å². The molecule has 0 N–H and O–H groups in total. The highest BCUT2D eigenvalue weighted by atomic mass is 16.5. The summed E-state index contributed by atoms with van der Waals surface area (Å²) in [6, 6.07) is 0. The molecule has 0 atom stereocenters. The second kappa shape index (κ2) is 16.3. The van der Waals surface area contributed by atoms with E-state index in [0.29, 0.717) is 6.61 Å². The maximum atomic E-state index is 10.5. The Kier molecular flexibility index (Phi) is 14.9. The molecule has 0 rings (SSSR count). The Morgan fingerprint density at radius 2 is 1.86 bits per heavy atom. The predicted octanol–water partition coefficient (Wildman–Crippen LogP) is 4.97. The molecule has 2 nitrogen and oxygen atoms in total. The van der Waals surface area contributed by atoms with Crippen molar-refractivity contribution in [1.29, 1.82) is 0 Å². The third kappa shape index (κ3) is 18.2. The monoisotopic (exact) mass is 288 g/mol. The van der Waals surface area contributed by atoms with Gasteiger partial charge in [-0.15, -0.1) is 0 Å². The summed E-state index contributed by atoms with van der Waals surface area (Å²) >= 11 is 0. The Bertz CT molecular complexity index is 392. The summed E-state index contributed by atoms with van der Waals surface area (Å²) < 4.78 is 4.75. The van der Waals surface area contributed by atoms with Crippen molar-refractivity contribution in [3.63, 3.8) is 0 Å². The topological polar surface area (TPSA) is 26.3 Å². The van der Waals surface area contributed by atoms with Crippen LogP contribution in [-0.4, -0.2) is 12.6 Å². The number of carbonyl (C=O) groups excluding carboxylic acids is 1. The minimum absolute atomic E-state index is 0.263. The summed E-state index contributed by atoms with van der Waals surface area (Å²) in [5.41, 5.74) is 0. The average molecular weight is 288 g/mol. The number of allylic oxidation sites excluding steroid dienone is 5. The van der Waals surface area contributed by atoms with E-state index in [2.05, 4.69) is 30.9 Å². The molecule has 0 aliphatic rings. The zero-order valence-corrected chi connectivity index (χ0v) is 13.4. The van der Waals surface area contributed by atoms with E-state index in [1.165, 1.54) is 45.4 Å². The molecule has 0 amide bonds. The van der Waals surface area contributed by atoms with Crippen LogP contribution in [0, 0.1) is 11.8 Å². The highest BCUT2D eigenvalue weighted by Crippen LogP contribution is 2.05. The Labute approximate surface area is 130 Å². The number of rotatable bonds is 10. The van der Waals surface area contributed by atoms with Crippen LogP contribution in [-0.2, 0) is 9.53 Å². The van der Waals surface area contributed by atoms with Crippen LogP contribution in [0.5, 0.6) is 0 Å². The fraction of sp³-hybridized carbons (Fsp3) is 0.526. The Balaban J connectivity index is 3.49. The summed E-state index contributed by atoms with van der Waals surface area (Å²) in [7, 11) is 0. The molecule has 116 valence electrons. The first kappa shape index (κ1) is 19.2. The van der Waals surface area contributed by atoms with E-state index in [1.54, 1.807) is 12.2 Å². The maximum Gasteiger partial charge on any atom is 0.302 e. The van der Waals surface area contributed by atoms with Crippen molar-refractivity contribution in [2.24, 2.45) is 0 Å². The number of esters is 1. The van der Waals surface area contributed by atoms with Crippen LogP contribution in [0.1, 0.15) is 58.8 Å². The van der Waals surface area contributed by atoms with Crippen molar-refractivity contribution in [2.75, 3.05) is 6.61 Å². The van der Waals surface area contributed by atoms with E-state index in [0.717, 1.165) is 6.42 Å². The van der Waals surface area contributed by atoms with Gasteiger partial charge in [-0.2, -0.15) is 0 Å². The first-order chi connectivity index (χ1) is 10.3. The molecule has 0 aromatic carbocycles. The minimum atomic E-state index is -0.263. The first-order valence-corrected chi connectivity index (χ1v) is 7.85. The molecule has 0 aliphatic heterocycles. The van der Waals surface area contributed by atoms with Gasteiger partial charge in [0.2, 0.25) is 0 Å². The van der Waals surface area contributed by atoms with E-state index in [-0.39, 0.29) is 5.97 Å². The lowest BCUT2D eigenvalue weighted by Gasteiger charge is -1.95. The van der Waals surface area contributed by atoms with Crippen LogP contribution in [0.3, 0.4) is 0 Å². The fourth-order valence-electron chi connectivity index (χ4n) is 1.65. The number of carbonyl (C=O) groups is 1. The Morgan fingerprint density at radius 3 is 2.62 bits per heavy atom. The van der Waals surface area contributed by atoms with E-state index >= 15 is 0 Å². The predicted molar refractivity (Wildman–Crippen MR) is 89.8 cm³/mol. The standard InChI is InChI=1S/C19H28O2/c1-3-4-5-6-7-8-9-10-11-12-13-14-15-16-17-18-21-19(2)20/h9-10,14-17H,3-8,11,18H2,1-2H3. The van der Waals surface area contributed by atoms with Gasteiger partial charge in [-0.05, 0) is 25.0 Å². The van der Waals surface area contributed by atoms with Crippen molar-refractivity contribution in [1.82, 2.24) is 0 Å². The number of hydrogen-bond acceptors (Lipinski definition) is 2. The van der Waals surface area contributed by atoms with Gasteiger partial charge in [-0.25, -0.2) is 0 Å². The molecule has 0 aromatic rings. The second-order valence-corrected chi connectivity index (χ2v) is 4.79. The van der Waals surface area contributed by atoms with E-state index in [4.69, 9.17) is 4.74 Å². The third-order valence-electron chi connectivity index (χ3n) is 2.77. The van der Waals surface area contributed by atoms with Gasteiger partial charge in [0.05, 0.1) is 0 Å². The van der Waals surface area contributed by atoms with Crippen LogP contribution >= 0.6 is 0 Å². The van der Waals surface area contributed by atoms with Gasteiger partial charge < -0.3 is 4.74 Å². The first-order valence-electron chi connectivity index (χ1n) is 7.85. The molecule has 0 radical (unpaired) electrons. The normalized spacial score (nSPS) is 11.1. The van der Waals surface area contributed by atoms with Crippen molar-refractivity contribution >= 4 is 5.97 Å². The second-order valence-electron chi connectivity index (χ2n) is 4.79. The zero-order valence-electron chi connectivity index (χ0n) is 13.4. The van der Waals surface area contributed by atoms with Crippen molar-refractivity contribution in [3.8, 4) is 11.8 Å². The van der Waals surface area contributed by atoms with Crippen LogP contribution in [0.2, 0.25) is 0 Å². The highest BCUT2D eigenvalue weighted by molar-refractivity contribution is 5.65. The summed E-state index contributed by atoms with van der Waals surface area (Å²) in [5, 5.41) is 0. The SMILES string of the molecule is CCCCCCCC=CCC#CC=CC=CCOC(C)=O. The lowest BCUT2D eigenvalue weighted by Crippen LogP contribution is -1.96. The van der Waals surface area contributed by atoms with E-state index < -0.39 is 0 Å². The molecule has 0 spiro atoms. The molecule has 0 bridgehead atoms. The Morgan fingerprint density at radius 1 is 1.05 bits per heavy atom. The minimum Gasteiger partial charge on any atom is -0.462 e. The molecule has 2 heteroatoms. The molecule has 0 aliphatic carbocycles. The molecular weight excluding hydrogens is 260 g/mol. The smallest absolute Gasteiger partial charge is 0.302 e. The third-order valence-corrected chi connectivity index (χ3v) is 2.77. The van der Waals surface area contributed by atoms with Gasteiger partial charge in [0.1, 0.15) is 6.61 Å². The van der Waals surface area contributed by atoms with Crippen LogP contribution in [0.15, 0.2) is 36.5 Å². The van der Waals surface area contributed by atoms with Crippen LogP contribution in [0.25, 0.3) is 0 Å². The van der Waals surface area contributed by atoms with Gasteiger partial charge in [-0.1, -0.05) is 68.8 Å². The highest BCUT2D eigenvalue weighted by Gasteiger charge is 1.86. The Hall–Kier alpha value is -1.75. The molecular formula is C19H28O2. The van der Waals surface area contributed by atoms with Crippen molar-refractivity contribution in [2.45, 2.75) is 58.8 Å². The number of unbranched alkanes of at least 4 members (excludes halogenated alkanes) is 5. The molecule has 0 unspecified atom stereocenters. The lowest BCUT2D eigenvalue weighted by molar-refractivity contribution is -0.139. The van der Waals surface area contributed by atoms with Crippen molar-refractivity contribution < 1.29 is 9.53 Å². The molecule has 21 heavy (non-hydrogen) atoms. The van der Waals surface area contributed by atoms with E-state index in [1.807, 2.05) is 12.2 Å². The zero-order chi connectivity index (χ0) is 15.6. The molecule has 0 heterocycles. The largest absolute Gasteiger partial charge is 0.462 e. The van der Waals surface area contributed by atoms with Crippen LogP contribution < -0.4 is 0 Å². The van der Waals surface area contributed by atoms with Gasteiger partial charge in [0.25, 0.3) is 0 Å². The van der Waals surface area contributed by atoms with Gasteiger partial charge in [-0.3, -0.25) is 4.79 Å². The summed E-state index contributed by atoms with van der Waals surface area (Å²) in [6.45, 7) is 3.95. The summed E-state index contributed by atoms with van der Waals surface area (Å²) in [6.07, 6.45) is 20.2. The molecule has 0 saturated carbocycles. The molecule has 0 fully saturated rings. The molecule has 0 aromatic heterocycles. The quantitative estimate of drug-likeness (QED) is 0.186. The fourth-order valence-corrected chi connectivity index (χ4v) is 1.65. The molecule has 0 saturated heterocycles. The summed E-state index contributed by atoms with van der Waals surface area (Å²) in [5.74, 6) is 5.76. The maximum absolute atomic E-state index is 10.5. The lowest BCUT2D eigenvalue weighted by atomic mass is 10.1. The van der Waals surface area contributed by atoms with Gasteiger partial charge >= 0.3 is 5.97 Å². The van der Waals surface area contributed by atoms with E-state index in [9.17, 15) is 4.79 Å². The number of hydrogen-bond donors (Lipinski definition) is 0. The van der Waals surface area contributed by atoms with Crippen LogP contribution in [0.4, 0.5) is 0 Å². The van der Waals surface area contributed by atoms with Gasteiger partial charge in [0.15, 0.2) is 0 Å². The van der Waals surface area contributed by atoms with Crippen molar-refractivity contribution in [3.05, 3.63) is 36.5 Å².